The third-order valence-electron chi connectivity index (χ3n) is 4.06. The summed E-state index contributed by atoms with van der Waals surface area (Å²) < 4.78 is 104. The van der Waals surface area contributed by atoms with Crippen molar-refractivity contribution < 1.29 is 34.8 Å². The van der Waals surface area contributed by atoms with Crippen LogP contribution >= 0.6 is 0 Å². The monoisotopic (exact) mass is 425 g/mol. The van der Waals surface area contributed by atoms with E-state index in [0.29, 0.717) is 0 Å². The Labute approximate surface area is 158 Å². The van der Waals surface area contributed by atoms with Crippen LogP contribution in [0, 0.1) is 13.8 Å². The maximum atomic E-state index is 12.9. The van der Waals surface area contributed by atoms with Gasteiger partial charge in [-0.3, -0.25) is 0 Å². The predicted molar refractivity (Wildman–Crippen MR) is 91.3 cm³/mol. The first-order valence-corrected chi connectivity index (χ1v) is 9.54. The number of benzene rings is 2. The van der Waals surface area contributed by atoms with Crippen molar-refractivity contribution in [3.05, 3.63) is 64.2 Å². The summed E-state index contributed by atoms with van der Waals surface area (Å²) in [6.07, 6.45) is -10.0. The molecule has 1 N–H and O–H groups in total. The van der Waals surface area contributed by atoms with E-state index in [1.54, 1.807) is 6.07 Å². The fraction of sp³-hybridized carbons (Fsp3) is 0.333. The summed E-state index contributed by atoms with van der Waals surface area (Å²) in [5.74, 6) is 0. The van der Waals surface area contributed by atoms with Crippen LogP contribution in [0.1, 0.15) is 27.8 Å². The van der Waals surface area contributed by atoms with Crippen molar-refractivity contribution in [3.63, 3.8) is 0 Å². The lowest BCUT2D eigenvalue weighted by atomic mass is 10.0. The molecule has 3 nitrogen and oxygen atoms in total. The largest absolute Gasteiger partial charge is 0.416 e. The van der Waals surface area contributed by atoms with Crippen molar-refractivity contribution in [1.29, 1.82) is 0 Å². The lowest BCUT2D eigenvalue weighted by molar-refractivity contribution is -0.143. The lowest BCUT2D eigenvalue weighted by Crippen LogP contribution is -2.27. The Hall–Kier alpha value is -2.07. The molecule has 0 aliphatic heterocycles. The van der Waals surface area contributed by atoms with E-state index in [1.807, 2.05) is 26.0 Å². The fourth-order valence-electron chi connectivity index (χ4n) is 2.61. The quantitative estimate of drug-likeness (QED) is 0.696. The molecule has 0 spiro atoms. The van der Waals surface area contributed by atoms with E-state index in [0.717, 1.165) is 16.7 Å². The van der Waals surface area contributed by atoms with Crippen LogP contribution in [0.15, 0.2) is 41.3 Å². The Bertz CT molecular complexity index is 933. The molecule has 0 atom stereocenters. The van der Waals surface area contributed by atoms with Crippen LogP contribution in [0.5, 0.6) is 0 Å². The molecule has 0 radical (unpaired) electrons. The molecule has 10 heteroatoms. The molecule has 2 aromatic rings. The van der Waals surface area contributed by atoms with Crippen molar-refractivity contribution in [2.75, 3.05) is 6.54 Å². The van der Waals surface area contributed by atoms with Crippen molar-refractivity contribution in [3.8, 4) is 0 Å². The van der Waals surface area contributed by atoms with Gasteiger partial charge in [0.05, 0.1) is 16.0 Å². The van der Waals surface area contributed by atoms with E-state index in [-0.39, 0.29) is 31.2 Å². The van der Waals surface area contributed by atoms with Gasteiger partial charge in [-0.15, -0.1) is 0 Å². The maximum absolute atomic E-state index is 12.9. The van der Waals surface area contributed by atoms with Crippen LogP contribution < -0.4 is 4.72 Å². The lowest BCUT2D eigenvalue weighted by Gasteiger charge is -2.15. The zero-order chi connectivity index (χ0) is 21.3. The number of hydrogen-bond donors (Lipinski definition) is 1. The Morgan fingerprint density at radius 3 is 1.86 bits per heavy atom. The minimum atomic E-state index is -5.12. The van der Waals surface area contributed by atoms with Gasteiger partial charge in [0.15, 0.2) is 0 Å². The van der Waals surface area contributed by atoms with E-state index in [4.69, 9.17) is 0 Å². The van der Waals surface area contributed by atoms with E-state index in [2.05, 4.69) is 4.72 Å². The molecule has 0 bridgehead atoms. The summed E-state index contributed by atoms with van der Waals surface area (Å²) in [6.45, 7) is 3.52. The molecule has 0 heterocycles. The molecule has 28 heavy (non-hydrogen) atoms. The first-order valence-electron chi connectivity index (χ1n) is 8.05. The second kappa shape index (κ2) is 7.75. The van der Waals surface area contributed by atoms with Gasteiger partial charge in [0, 0.05) is 6.54 Å². The molecule has 0 unspecified atom stereocenters. The second-order valence-corrected chi connectivity index (χ2v) is 8.09. The molecule has 0 aliphatic rings. The molecule has 0 aromatic heterocycles. The van der Waals surface area contributed by atoms with Gasteiger partial charge in [0.2, 0.25) is 10.0 Å². The van der Waals surface area contributed by atoms with Crippen LogP contribution in [0.2, 0.25) is 0 Å². The molecule has 0 aliphatic carbocycles. The highest BCUT2D eigenvalue weighted by Crippen LogP contribution is 2.37. The van der Waals surface area contributed by atoms with E-state index < -0.39 is 38.4 Å². The van der Waals surface area contributed by atoms with Gasteiger partial charge in [-0.25, -0.2) is 13.1 Å². The van der Waals surface area contributed by atoms with Crippen LogP contribution in [0.3, 0.4) is 0 Å². The van der Waals surface area contributed by atoms with Gasteiger partial charge >= 0.3 is 12.4 Å². The summed E-state index contributed by atoms with van der Waals surface area (Å²) in [6, 6.07) is 5.74. The summed E-state index contributed by atoms with van der Waals surface area (Å²) in [5.41, 5.74) is -0.648. The Morgan fingerprint density at radius 1 is 0.857 bits per heavy atom. The van der Waals surface area contributed by atoms with Gasteiger partial charge in [-0.1, -0.05) is 23.8 Å². The summed E-state index contributed by atoms with van der Waals surface area (Å²) >= 11 is 0. The minimum absolute atomic E-state index is 0.116. The third kappa shape index (κ3) is 5.48. The normalized spacial score (nSPS) is 13.0. The molecule has 0 saturated heterocycles. The number of rotatable bonds is 5. The van der Waals surface area contributed by atoms with Crippen molar-refractivity contribution in [2.45, 2.75) is 37.5 Å². The average molecular weight is 425 g/mol. The number of halogens is 6. The van der Waals surface area contributed by atoms with E-state index in [1.165, 1.54) is 0 Å². The molecular weight excluding hydrogens is 408 g/mol. The number of aryl methyl sites for hydroxylation is 2. The van der Waals surface area contributed by atoms with Gasteiger partial charge in [-0.05, 0) is 49.6 Å². The number of hydrogen-bond acceptors (Lipinski definition) is 2. The Balaban J connectivity index is 2.29. The molecule has 2 rings (SSSR count). The van der Waals surface area contributed by atoms with Crippen molar-refractivity contribution in [2.24, 2.45) is 0 Å². The first kappa shape index (κ1) is 22.2. The van der Waals surface area contributed by atoms with Gasteiger partial charge in [0.1, 0.15) is 0 Å². The zero-order valence-electron chi connectivity index (χ0n) is 14.9. The molecule has 154 valence electrons. The highest BCUT2D eigenvalue weighted by atomic mass is 32.2. The van der Waals surface area contributed by atoms with Crippen LogP contribution in [-0.4, -0.2) is 15.0 Å². The molecule has 2 aromatic carbocycles. The standard InChI is InChI=1S/C18H17F6NO2S/c1-11-3-4-13(12(2)7-11)5-6-25-28(26,27)16-9-14(17(19,20)21)8-15(10-16)18(22,23)24/h3-4,7-10,25H,5-6H2,1-2H3. The highest BCUT2D eigenvalue weighted by Gasteiger charge is 2.38. The predicted octanol–water partition coefficient (Wildman–Crippen LogP) is 4.86. The van der Waals surface area contributed by atoms with Crippen LogP contribution in [0.25, 0.3) is 0 Å². The summed E-state index contributed by atoms with van der Waals surface area (Å²) in [5, 5.41) is 0. The molecule has 0 saturated carbocycles. The minimum Gasteiger partial charge on any atom is -0.211 e. The first-order chi connectivity index (χ1) is 12.7. The fourth-order valence-corrected chi connectivity index (χ4v) is 3.71. The van der Waals surface area contributed by atoms with Gasteiger partial charge in [0.25, 0.3) is 0 Å². The summed E-state index contributed by atoms with van der Waals surface area (Å²) in [7, 11) is -4.57. The second-order valence-electron chi connectivity index (χ2n) is 6.32. The average Bonchev–Trinajstić information content (AvgIpc) is 2.55. The Kier molecular flexibility index (Phi) is 6.15. The molecule has 0 fully saturated rings. The topological polar surface area (TPSA) is 46.2 Å². The van der Waals surface area contributed by atoms with Gasteiger partial charge < -0.3 is 0 Å². The SMILES string of the molecule is Cc1ccc(CCNS(=O)(=O)c2cc(C(F)(F)F)cc(C(F)(F)F)c2)c(C)c1. The van der Waals surface area contributed by atoms with Crippen molar-refractivity contribution in [1.82, 2.24) is 4.72 Å². The van der Waals surface area contributed by atoms with Crippen LogP contribution in [0.4, 0.5) is 26.3 Å². The number of alkyl halides is 6. The number of nitrogens with one attached hydrogen (secondary N) is 1. The van der Waals surface area contributed by atoms with Crippen molar-refractivity contribution >= 4 is 10.0 Å². The van der Waals surface area contributed by atoms with E-state index in [9.17, 15) is 34.8 Å². The highest BCUT2D eigenvalue weighted by molar-refractivity contribution is 7.89. The smallest absolute Gasteiger partial charge is 0.211 e. The van der Waals surface area contributed by atoms with E-state index >= 15 is 0 Å². The Morgan fingerprint density at radius 2 is 1.39 bits per heavy atom. The zero-order valence-corrected chi connectivity index (χ0v) is 15.7. The van der Waals surface area contributed by atoms with Gasteiger partial charge in [-0.2, -0.15) is 26.3 Å². The number of sulfonamides is 1. The maximum Gasteiger partial charge on any atom is 0.416 e. The third-order valence-corrected chi connectivity index (χ3v) is 5.50. The molecular formula is C18H17F6NO2S. The van der Waals surface area contributed by atoms with Crippen LogP contribution in [-0.2, 0) is 28.8 Å². The summed E-state index contributed by atoms with van der Waals surface area (Å²) in [4.78, 5) is -1.09. The molecule has 0 amide bonds.